The Morgan fingerprint density at radius 2 is 2.16 bits per heavy atom. The fraction of sp³-hybridized carbons (Fsp3) is 0.647. The molecule has 0 aliphatic carbocycles. The van der Waals surface area contributed by atoms with Crippen molar-refractivity contribution >= 4 is 17.6 Å². The number of hydrogen-bond donors (Lipinski definition) is 2. The molecular formula is C17H27N5O3. The van der Waals surface area contributed by atoms with Crippen molar-refractivity contribution in [1.29, 1.82) is 0 Å². The van der Waals surface area contributed by atoms with Gasteiger partial charge in [0.15, 0.2) is 0 Å². The first-order chi connectivity index (χ1) is 11.9. The molecule has 2 heterocycles. The van der Waals surface area contributed by atoms with E-state index in [9.17, 15) is 9.59 Å². The minimum Gasteiger partial charge on any atom is -0.381 e. The first-order valence-corrected chi connectivity index (χ1v) is 8.66. The van der Waals surface area contributed by atoms with E-state index in [0.29, 0.717) is 37.9 Å². The normalized spacial score (nSPS) is 20.1. The molecular weight excluding hydrogens is 322 g/mol. The fourth-order valence-electron chi connectivity index (χ4n) is 3.06. The van der Waals surface area contributed by atoms with Gasteiger partial charge in [-0.3, -0.25) is 14.6 Å². The molecule has 3 N–H and O–H groups in total. The number of hydrogen-bond acceptors (Lipinski definition) is 6. The van der Waals surface area contributed by atoms with Gasteiger partial charge in [-0.25, -0.2) is 4.98 Å². The maximum Gasteiger partial charge on any atom is 0.268 e. The first-order valence-electron chi connectivity index (χ1n) is 8.66. The Morgan fingerprint density at radius 1 is 1.40 bits per heavy atom. The summed E-state index contributed by atoms with van der Waals surface area (Å²) < 4.78 is 5.24. The van der Waals surface area contributed by atoms with Crippen molar-refractivity contribution in [3.8, 4) is 0 Å². The van der Waals surface area contributed by atoms with E-state index in [1.54, 1.807) is 6.20 Å². The number of rotatable bonds is 8. The average molecular weight is 349 g/mol. The van der Waals surface area contributed by atoms with Gasteiger partial charge in [0.05, 0.1) is 25.0 Å². The van der Waals surface area contributed by atoms with Gasteiger partial charge in [-0.2, -0.15) is 0 Å². The quantitative estimate of drug-likeness (QED) is 0.664. The van der Waals surface area contributed by atoms with Crippen molar-refractivity contribution in [2.24, 2.45) is 17.6 Å². The van der Waals surface area contributed by atoms with Crippen molar-refractivity contribution < 1.29 is 14.3 Å². The van der Waals surface area contributed by atoms with E-state index in [1.165, 1.54) is 6.20 Å². The lowest BCUT2D eigenvalue weighted by molar-refractivity contribution is -0.123. The molecule has 1 aromatic heterocycles. The molecule has 0 radical (unpaired) electrons. The lowest BCUT2D eigenvalue weighted by Gasteiger charge is -2.22. The molecule has 1 saturated heterocycles. The van der Waals surface area contributed by atoms with Gasteiger partial charge in [-0.15, -0.1) is 0 Å². The molecule has 1 aromatic rings. The third kappa shape index (κ3) is 5.12. The third-order valence-corrected chi connectivity index (χ3v) is 4.44. The molecule has 0 bridgehead atoms. The number of aromatic nitrogens is 2. The van der Waals surface area contributed by atoms with E-state index in [2.05, 4.69) is 29.1 Å². The number of nitrogens with two attached hydrogens (primary N) is 1. The summed E-state index contributed by atoms with van der Waals surface area (Å²) in [7, 11) is 0. The van der Waals surface area contributed by atoms with Gasteiger partial charge >= 0.3 is 0 Å². The third-order valence-electron chi connectivity index (χ3n) is 4.44. The molecule has 1 fully saturated rings. The number of carbonyl (C=O) groups excluding carboxylic acids is 2. The number of primary amides is 1. The van der Waals surface area contributed by atoms with Gasteiger partial charge in [0.1, 0.15) is 11.5 Å². The van der Waals surface area contributed by atoms with Crippen molar-refractivity contribution in [3.05, 3.63) is 18.1 Å². The minimum absolute atomic E-state index is 0.0112. The predicted molar refractivity (Wildman–Crippen MR) is 94.1 cm³/mol. The Morgan fingerprint density at radius 3 is 2.80 bits per heavy atom. The molecule has 138 valence electrons. The van der Waals surface area contributed by atoms with E-state index in [1.807, 2.05) is 11.8 Å². The van der Waals surface area contributed by atoms with Crippen LogP contribution < -0.4 is 16.0 Å². The lowest BCUT2D eigenvalue weighted by atomic mass is 9.91. The largest absolute Gasteiger partial charge is 0.381 e. The molecule has 2 atom stereocenters. The highest BCUT2D eigenvalue weighted by Gasteiger charge is 2.36. The highest BCUT2D eigenvalue weighted by atomic mass is 16.5. The zero-order valence-corrected chi connectivity index (χ0v) is 15.1. The molecule has 0 spiro atoms. The van der Waals surface area contributed by atoms with Crippen LogP contribution in [-0.2, 0) is 9.53 Å². The van der Waals surface area contributed by atoms with Crippen LogP contribution in [0.3, 0.4) is 0 Å². The molecule has 8 heteroatoms. The summed E-state index contributed by atoms with van der Waals surface area (Å²) in [4.78, 5) is 33.8. The molecule has 1 aliphatic heterocycles. The maximum atomic E-state index is 12.1. The van der Waals surface area contributed by atoms with E-state index in [4.69, 9.17) is 10.5 Å². The summed E-state index contributed by atoms with van der Waals surface area (Å²) in [6.45, 7) is 8.58. The molecule has 2 amide bonds. The van der Waals surface area contributed by atoms with Crippen LogP contribution in [0.25, 0.3) is 0 Å². The second-order valence-electron chi connectivity index (χ2n) is 6.56. The van der Waals surface area contributed by atoms with Gasteiger partial charge in [0.2, 0.25) is 5.91 Å². The van der Waals surface area contributed by atoms with Gasteiger partial charge in [-0.1, -0.05) is 13.8 Å². The van der Waals surface area contributed by atoms with Crippen LogP contribution in [0.5, 0.6) is 0 Å². The van der Waals surface area contributed by atoms with Crippen molar-refractivity contribution in [2.45, 2.75) is 33.2 Å². The van der Waals surface area contributed by atoms with Gasteiger partial charge < -0.3 is 20.7 Å². The summed E-state index contributed by atoms with van der Waals surface area (Å²) in [6.07, 6.45) is 3.32. The van der Waals surface area contributed by atoms with Gasteiger partial charge in [0.25, 0.3) is 5.91 Å². The van der Waals surface area contributed by atoms with E-state index < -0.39 is 5.91 Å². The number of carbonyl (C=O) groups is 2. The molecule has 0 saturated carbocycles. The second kappa shape index (κ2) is 8.75. The van der Waals surface area contributed by atoms with Crippen molar-refractivity contribution in [1.82, 2.24) is 15.3 Å². The Labute approximate surface area is 148 Å². The topological polar surface area (TPSA) is 110 Å². The smallest absolute Gasteiger partial charge is 0.268 e. The number of amides is 2. The first kappa shape index (κ1) is 19.1. The zero-order valence-electron chi connectivity index (χ0n) is 15.1. The van der Waals surface area contributed by atoms with Crippen LogP contribution in [0, 0.1) is 11.8 Å². The Kier molecular flexibility index (Phi) is 6.69. The minimum atomic E-state index is -0.602. The summed E-state index contributed by atoms with van der Waals surface area (Å²) in [5.41, 5.74) is 5.42. The molecule has 1 aliphatic rings. The molecule has 0 aromatic carbocycles. The van der Waals surface area contributed by atoms with Crippen molar-refractivity contribution in [2.75, 3.05) is 31.2 Å². The SMILES string of the molecule is CCOCCC(=O)N[C@@H]1CN(c2cncc(C(N)=O)n2)C[C@H]1C(C)C. The molecule has 0 unspecified atom stereocenters. The lowest BCUT2D eigenvalue weighted by Crippen LogP contribution is -2.42. The van der Waals surface area contributed by atoms with Crippen LogP contribution in [0.15, 0.2) is 12.4 Å². The fourth-order valence-corrected chi connectivity index (χ4v) is 3.06. The number of nitrogens with zero attached hydrogens (tertiary/aromatic N) is 3. The standard InChI is InChI=1S/C17H27N5O3/c1-4-25-6-5-16(23)21-14-10-22(9-12(14)11(2)3)15-8-19-7-13(20-15)17(18)24/h7-8,11-12,14H,4-6,9-10H2,1-3H3,(H2,18,24)(H,21,23)/t12-,14+/m0/s1. The maximum absolute atomic E-state index is 12.1. The second-order valence-corrected chi connectivity index (χ2v) is 6.56. The van der Waals surface area contributed by atoms with Crippen molar-refractivity contribution in [3.63, 3.8) is 0 Å². The Bertz CT molecular complexity index is 608. The number of anilines is 1. The van der Waals surface area contributed by atoms with Crippen LogP contribution in [-0.4, -0.2) is 54.1 Å². The Balaban J connectivity index is 2.05. The molecule has 2 rings (SSSR count). The molecule has 8 nitrogen and oxygen atoms in total. The van der Waals surface area contributed by atoms with E-state index >= 15 is 0 Å². The van der Waals surface area contributed by atoms with Crippen LogP contribution in [0.2, 0.25) is 0 Å². The summed E-state index contributed by atoms with van der Waals surface area (Å²) in [5.74, 6) is 0.676. The van der Waals surface area contributed by atoms with Crippen LogP contribution in [0.4, 0.5) is 5.82 Å². The van der Waals surface area contributed by atoms with E-state index in [0.717, 1.165) is 6.54 Å². The number of nitrogens with one attached hydrogen (secondary N) is 1. The summed E-state index contributed by atoms with van der Waals surface area (Å²) in [6, 6.07) is 0.0214. The van der Waals surface area contributed by atoms with Gasteiger partial charge in [0, 0.05) is 32.0 Å². The number of ether oxygens (including phenoxy) is 1. The monoisotopic (exact) mass is 349 g/mol. The highest BCUT2D eigenvalue weighted by molar-refractivity contribution is 5.90. The van der Waals surface area contributed by atoms with Crippen LogP contribution >= 0.6 is 0 Å². The summed E-state index contributed by atoms with van der Waals surface area (Å²) in [5, 5.41) is 3.11. The summed E-state index contributed by atoms with van der Waals surface area (Å²) >= 11 is 0. The Hall–Kier alpha value is -2.22. The van der Waals surface area contributed by atoms with Crippen LogP contribution in [0.1, 0.15) is 37.7 Å². The average Bonchev–Trinajstić information content (AvgIpc) is 2.99. The van der Waals surface area contributed by atoms with Gasteiger partial charge in [-0.05, 0) is 12.8 Å². The zero-order chi connectivity index (χ0) is 18.4. The molecule has 25 heavy (non-hydrogen) atoms. The highest BCUT2D eigenvalue weighted by Crippen LogP contribution is 2.27. The predicted octanol–water partition coefficient (Wildman–Crippen LogP) is 0.579. The van der Waals surface area contributed by atoms with E-state index in [-0.39, 0.29) is 23.6 Å².